The maximum absolute atomic E-state index is 6.18. The van der Waals surface area contributed by atoms with E-state index in [1.54, 1.807) is 6.07 Å². The summed E-state index contributed by atoms with van der Waals surface area (Å²) in [7, 11) is 0. The predicted octanol–water partition coefficient (Wildman–Crippen LogP) is 4.77. The van der Waals surface area contributed by atoms with Gasteiger partial charge in [0.1, 0.15) is 24.2 Å². The first-order valence-electron chi connectivity index (χ1n) is 6.89. The highest BCUT2D eigenvalue weighted by atomic mass is 35.5. The molecule has 0 amide bonds. The van der Waals surface area contributed by atoms with Crippen molar-refractivity contribution in [3.05, 3.63) is 58.1 Å². The minimum Gasteiger partial charge on any atom is -0.488 e. The van der Waals surface area contributed by atoms with Crippen LogP contribution in [0.3, 0.4) is 0 Å². The highest BCUT2D eigenvalue weighted by Gasteiger charge is 2.24. The van der Waals surface area contributed by atoms with Gasteiger partial charge in [0.2, 0.25) is 0 Å². The number of alkyl halides is 1. The molecule has 21 heavy (non-hydrogen) atoms. The van der Waals surface area contributed by atoms with Gasteiger partial charge in [-0.15, -0.1) is 11.6 Å². The van der Waals surface area contributed by atoms with Crippen LogP contribution in [0.15, 0.2) is 36.4 Å². The molecular weight excluding hydrogens is 307 g/mol. The van der Waals surface area contributed by atoms with Crippen molar-refractivity contribution in [2.24, 2.45) is 0 Å². The molecule has 0 saturated carbocycles. The van der Waals surface area contributed by atoms with E-state index in [9.17, 15) is 0 Å². The summed E-state index contributed by atoms with van der Waals surface area (Å²) >= 11 is 12.1. The fourth-order valence-electron chi connectivity index (χ4n) is 2.54. The van der Waals surface area contributed by atoms with Crippen LogP contribution in [-0.2, 0) is 12.3 Å². The average Bonchev–Trinajstić information content (AvgIpc) is 2.87. The lowest BCUT2D eigenvalue weighted by atomic mass is 10.1. The predicted molar refractivity (Wildman–Crippen MR) is 85.8 cm³/mol. The van der Waals surface area contributed by atoms with Crippen molar-refractivity contribution in [3.63, 3.8) is 0 Å². The van der Waals surface area contributed by atoms with Crippen LogP contribution < -0.4 is 9.47 Å². The molecule has 1 atom stereocenters. The standard InChI is InChI=1S/C17H16Cl2O2/c1-11-5-6-16-13(7-11)8-14(21-16)10-20-17-12(9-18)3-2-4-15(17)19/h2-7,14H,8-10H2,1H3. The molecule has 4 heteroatoms. The van der Waals surface area contributed by atoms with Crippen molar-refractivity contribution in [3.8, 4) is 11.5 Å². The molecule has 2 nitrogen and oxygen atoms in total. The van der Waals surface area contributed by atoms with Gasteiger partial charge in [0.05, 0.1) is 10.9 Å². The third kappa shape index (κ3) is 3.12. The van der Waals surface area contributed by atoms with Crippen LogP contribution in [0, 0.1) is 6.92 Å². The number of hydrogen-bond donors (Lipinski definition) is 0. The lowest BCUT2D eigenvalue weighted by Gasteiger charge is -2.15. The molecule has 2 aromatic carbocycles. The molecule has 0 radical (unpaired) electrons. The summed E-state index contributed by atoms with van der Waals surface area (Å²) in [5.41, 5.74) is 3.38. The topological polar surface area (TPSA) is 18.5 Å². The Labute approximate surface area is 134 Å². The fraction of sp³-hybridized carbons (Fsp3) is 0.294. The monoisotopic (exact) mass is 322 g/mol. The van der Waals surface area contributed by atoms with Crippen molar-refractivity contribution in [1.29, 1.82) is 0 Å². The van der Waals surface area contributed by atoms with Gasteiger partial charge in [-0.3, -0.25) is 0 Å². The number of fused-ring (bicyclic) bond motifs is 1. The van der Waals surface area contributed by atoms with Gasteiger partial charge in [0.15, 0.2) is 0 Å². The number of aryl methyl sites for hydroxylation is 1. The molecule has 1 aliphatic heterocycles. The second-order valence-electron chi connectivity index (χ2n) is 5.23. The van der Waals surface area contributed by atoms with Gasteiger partial charge in [-0.25, -0.2) is 0 Å². The molecule has 1 aliphatic rings. The van der Waals surface area contributed by atoms with E-state index in [1.807, 2.05) is 18.2 Å². The summed E-state index contributed by atoms with van der Waals surface area (Å²) in [5.74, 6) is 1.98. The van der Waals surface area contributed by atoms with Crippen molar-refractivity contribution >= 4 is 23.2 Å². The van der Waals surface area contributed by atoms with E-state index >= 15 is 0 Å². The summed E-state index contributed by atoms with van der Waals surface area (Å²) in [6.07, 6.45) is 0.874. The molecule has 0 bridgehead atoms. The quantitative estimate of drug-likeness (QED) is 0.755. The Kier molecular flexibility index (Phi) is 4.27. The van der Waals surface area contributed by atoms with Crippen LogP contribution in [0.1, 0.15) is 16.7 Å². The third-order valence-electron chi connectivity index (χ3n) is 3.56. The Morgan fingerprint density at radius 3 is 2.95 bits per heavy atom. The molecule has 1 unspecified atom stereocenters. The van der Waals surface area contributed by atoms with Crippen molar-refractivity contribution < 1.29 is 9.47 Å². The molecule has 1 heterocycles. The molecule has 0 aromatic heterocycles. The van der Waals surface area contributed by atoms with Crippen molar-refractivity contribution in [2.45, 2.75) is 25.3 Å². The number of halogens is 2. The van der Waals surface area contributed by atoms with Gasteiger partial charge in [-0.05, 0) is 24.6 Å². The first kappa shape index (κ1) is 14.6. The first-order chi connectivity index (χ1) is 10.2. The Bertz CT molecular complexity index is 655. The fourth-order valence-corrected chi connectivity index (χ4v) is 3.00. The summed E-state index contributed by atoms with van der Waals surface area (Å²) < 4.78 is 11.8. The maximum atomic E-state index is 6.18. The molecular formula is C17H16Cl2O2. The zero-order valence-corrected chi connectivity index (χ0v) is 13.2. The van der Waals surface area contributed by atoms with Gasteiger partial charge in [-0.2, -0.15) is 0 Å². The number of benzene rings is 2. The van der Waals surface area contributed by atoms with E-state index in [4.69, 9.17) is 32.7 Å². The van der Waals surface area contributed by atoms with E-state index < -0.39 is 0 Å². The third-order valence-corrected chi connectivity index (χ3v) is 4.15. The summed E-state index contributed by atoms with van der Waals surface area (Å²) in [5, 5.41) is 0.583. The zero-order chi connectivity index (χ0) is 14.8. The first-order valence-corrected chi connectivity index (χ1v) is 7.81. The smallest absolute Gasteiger partial charge is 0.142 e. The Morgan fingerprint density at radius 2 is 2.14 bits per heavy atom. The molecule has 0 spiro atoms. The van der Waals surface area contributed by atoms with Crippen LogP contribution >= 0.6 is 23.2 Å². The zero-order valence-electron chi connectivity index (χ0n) is 11.7. The van der Waals surface area contributed by atoms with Crippen molar-refractivity contribution in [2.75, 3.05) is 6.61 Å². The Hall–Kier alpha value is -1.38. The lowest BCUT2D eigenvalue weighted by molar-refractivity contribution is 0.148. The van der Waals surface area contributed by atoms with Gasteiger partial charge < -0.3 is 9.47 Å². The van der Waals surface area contributed by atoms with E-state index in [-0.39, 0.29) is 6.10 Å². The van der Waals surface area contributed by atoms with E-state index in [2.05, 4.69) is 19.1 Å². The Morgan fingerprint density at radius 1 is 1.29 bits per heavy atom. The minimum atomic E-state index is 0.0150. The largest absolute Gasteiger partial charge is 0.488 e. The molecule has 3 rings (SSSR count). The van der Waals surface area contributed by atoms with Crippen molar-refractivity contribution in [1.82, 2.24) is 0 Å². The van der Waals surface area contributed by atoms with E-state index in [0.29, 0.717) is 23.3 Å². The average molecular weight is 323 g/mol. The molecule has 0 N–H and O–H groups in total. The molecule has 0 saturated heterocycles. The highest BCUT2D eigenvalue weighted by molar-refractivity contribution is 6.32. The SMILES string of the molecule is Cc1ccc2c(c1)CC(COc1c(Cl)cccc1CCl)O2. The lowest BCUT2D eigenvalue weighted by Crippen LogP contribution is -2.22. The van der Waals surface area contributed by atoms with Crippen LogP contribution in [0.25, 0.3) is 0 Å². The van der Waals surface area contributed by atoms with Gasteiger partial charge in [0, 0.05) is 12.0 Å². The number of para-hydroxylation sites is 1. The Balaban J connectivity index is 1.68. The van der Waals surface area contributed by atoms with Gasteiger partial charge >= 0.3 is 0 Å². The second-order valence-corrected chi connectivity index (χ2v) is 5.90. The van der Waals surface area contributed by atoms with Gasteiger partial charge in [-0.1, -0.05) is 41.4 Å². The van der Waals surface area contributed by atoms with Crippen LogP contribution in [0.2, 0.25) is 5.02 Å². The van der Waals surface area contributed by atoms with Crippen LogP contribution in [0.4, 0.5) is 0 Å². The maximum Gasteiger partial charge on any atom is 0.142 e. The molecule has 110 valence electrons. The summed E-state index contributed by atoms with van der Waals surface area (Å²) in [6.45, 7) is 2.54. The van der Waals surface area contributed by atoms with Gasteiger partial charge in [0.25, 0.3) is 0 Å². The molecule has 0 fully saturated rings. The molecule has 0 aliphatic carbocycles. The summed E-state index contributed by atoms with van der Waals surface area (Å²) in [6, 6.07) is 11.8. The summed E-state index contributed by atoms with van der Waals surface area (Å²) in [4.78, 5) is 0. The number of hydrogen-bond acceptors (Lipinski definition) is 2. The number of rotatable bonds is 4. The second kappa shape index (κ2) is 6.17. The van der Waals surface area contributed by atoms with E-state index in [1.165, 1.54) is 11.1 Å². The molecule has 2 aromatic rings. The van der Waals surface area contributed by atoms with Crippen LogP contribution in [0.5, 0.6) is 11.5 Å². The highest BCUT2D eigenvalue weighted by Crippen LogP contribution is 2.32. The van der Waals surface area contributed by atoms with E-state index in [0.717, 1.165) is 17.7 Å². The minimum absolute atomic E-state index is 0.0150. The number of ether oxygens (including phenoxy) is 2. The normalized spacial score (nSPS) is 16.4. The van der Waals surface area contributed by atoms with Crippen LogP contribution in [-0.4, -0.2) is 12.7 Å².